The average molecular weight is 371 g/mol. The van der Waals surface area contributed by atoms with Crippen molar-refractivity contribution in [2.75, 3.05) is 20.8 Å². The van der Waals surface area contributed by atoms with Crippen LogP contribution in [0.3, 0.4) is 0 Å². The Balaban J connectivity index is 1.69. The minimum Gasteiger partial charge on any atom is -0.493 e. The summed E-state index contributed by atoms with van der Waals surface area (Å²) < 4.78 is 28.8. The van der Waals surface area contributed by atoms with E-state index in [0.717, 1.165) is 5.56 Å². The number of methoxy groups -OCH3 is 2. The standard InChI is InChI=1S/C20H18FNO5/c1-25-16-6-3-12(9-17(16)26-2)7-8-22-19(23)18-11-13-10-14(21)4-5-15(13)20(24)27-18/h3-6,9-11H,7-8H2,1-2H3,(H,22,23). The summed E-state index contributed by atoms with van der Waals surface area (Å²) in [6, 6.07) is 10.5. The maximum absolute atomic E-state index is 13.4. The van der Waals surface area contributed by atoms with Crippen LogP contribution in [0.25, 0.3) is 10.8 Å². The van der Waals surface area contributed by atoms with Crippen LogP contribution >= 0.6 is 0 Å². The van der Waals surface area contributed by atoms with Crippen LogP contribution in [-0.2, 0) is 6.42 Å². The number of benzene rings is 2. The second-order valence-corrected chi connectivity index (χ2v) is 5.82. The first kappa shape index (κ1) is 18.4. The first-order chi connectivity index (χ1) is 13.0. The van der Waals surface area contributed by atoms with Gasteiger partial charge in [0.2, 0.25) is 0 Å². The number of carbonyl (C=O) groups excluding carboxylic acids is 1. The Hall–Kier alpha value is -3.35. The van der Waals surface area contributed by atoms with Crippen molar-refractivity contribution in [1.82, 2.24) is 5.32 Å². The molecular weight excluding hydrogens is 353 g/mol. The highest BCUT2D eigenvalue weighted by molar-refractivity contribution is 5.95. The van der Waals surface area contributed by atoms with E-state index in [-0.39, 0.29) is 11.1 Å². The lowest BCUT2D eigenvalue weighted by Gasteiger charge is -2.10. The molecule has 3 rings (SSSR count). The van der Waals surface area contributed by atoms with Gasteiger partial charge in [-0.15, -0.1) is 0 Å². The third kappa shape index (κ3) is 4.08. The summed E-state index contributed by atoms with van der Waals surface area (Å²) in [5.74, 6) is 0.0244. The lowest BCUT2D eigenvalue weighted by atomic mass is 10.1. The molecule has 0 saturated heterocycles. The van der Waals surface area contributed by atoms with E-state index in [9.17, 15) is 14.0 Å². The van der Waals surface area contributed by atoms with Crippen LogP contribution in [0.15, 0.2) is 51.7 Å². The minimum atomic E-state index is -0.683. The Labute approximate surface area is 154 Å². The van der Waals surface area contributed by atoms with E-state index >= 15 is 0 Å². The fraction of sp³-hybridized carbons (Fsp3) is 0.200. The van der Waals surface area contributed by atoms with Crippen molar-refractivity contribution in [3.63, 3.8) is 0 Å². The Bertz CT molecular complexity index is 1040. The van der Waals surface area contributed by atoms with Crippen LogP contribution in [-0.4, -0.2) is 26.7 Å². The molecule has 1 N–H and O–H groups in total. The van der Waals surface area contributed by atoms with Gasteiger partial charge < -0.3 is 19.2 Å². The molecule has 0 unspecified atom stereocenters. The number of carbonyl (C=O) groups is 1. The van der Waals surface area contributed by atoms with Crippen LogP contribution in [0, 0.1) is 5.82 Å². The predicted molar refractivity (Wildman–Crippen MR) is 98.0 cm³/mol. The summed E-state index contributed by atoms with van der Waals surface area (Å²) in [6.07, 6.45) is 0.540. The predicted octanol–water partition coefficient (Wildman–Crippen LogP) is 2.92. The molecule has 0 aliphatic carbocycles. The molecule has 27 heavy (non-hydrogen) atoms. The van der Waals surface area contributed by atoms with Crippen molar-refractivity contribution in [3.05, 3.63) is 70.0 Å². The van der Waals surface area contributed by atoms with Gasteiger partial charge in [-0.25, -0.2) is 9.18 Å². The van der Waals surface area contributed by atoms with Gasteiger partial charge in [0.25, 0.3) is 5.91 Å². The van der Waals surface area contributed by atoms with Gasteiger partial charge in [0.15, 0.2) is 17.3 Å². The zero-order valence-corrected chi connectivity index (χ0v) is 14.9. The minimum absolute atomic E-state index is 0.162. The Morgan fingerprint density at radius 3 is 2.59 bits per heavy atom. The Morgan fingerprint density at radius 2 is 1.85 bits per heavy atom. The van der Waals surface area contributed by atoms with Gasteiger partial charge in [0.1, 0.15) is 5.82 Å². The molecule has 140 valence electrons. The largest absolute Gasteiger partial charge is 0.493 e. The molecule has 7 heteroatoms. The maximum atomic E-state index is 13.4. The molecule has 0 atom stereocenters. The van der Waals surface area contributed by atoms with Gasteiger partial charge >= 0.3 is 5.63 Å². The summed E-state index contributed by atoms with van der Waals surface area (Å²) in [7, 11) is 3.11. The first-order valence-corrected chi connectivity index (χ1v) is 8.24. The van der Waals surface area contributed by atoms with E-state index in [0.29, 0.717) is 29.9 Å². The smallest absolute Gasteiger partial charge is 0.344 e. The molecule has 0 saturated carbocycles. The highest BCUT2D eigenvalue weighted by Gasteiger charge is 2.13. The molecule has 1 aromatic heterocycles. The molecule has 0 spiro atoms. The van der Waals surface area contributed by atoms with Gasteiger partial charge in [-0.2, -0.15) is 0 Å². The molecule has 1 amide bonds. The number of hydrogen-bond acceptors (Lipinski definition) is 5. The maximum Gasteiger partial charge on any atom is 0.344 e. The fourth-order valence-corrected chi connectivity index (χ4v) is 2.72. The fourth-order valence-electron chi connectivity index (χ4n) is 2.72. The zero-order chi connectivity index (χ0) is 19.4. The van der Waals surface area contributed by atoms with E-state index in [1.54, 1.807) is 20.3 Å². The van der Waals surface area contributed by atoms with Crippen molar-refractivity contribution >= 4 is 16.7 Å². The van der Waals surface area contributed by atoms with Gasteiger partial charge in [-0.1, -0.05) is 6.07 Å². The van der Waals surface area contributed by atoms with E-state index in [4.69, 9.17) is 13.9 Å². The lowest BCUT2D eigenvalue weighted by Crippen LogP contribution is -2.26. The number of nitrogens with one attached hydrogen (secondary N) is 1. The van der Waals surface area contributed by atoms with Gasteiger partial charge in [0.05, 0.1) is 19.6 Å². The number of halogens is 1. The summed E-state index contributed by atoms with van der Waals surface area (Å²) in [6.45, 7) is 0.319. The SMILES string of the molecule is COc1ccc(CCNC(=O)c2cc3cc(F)ccc3c(=O)o2)cc1OC. The second kappa shape index (κ2) is 7.90. The summed E-state index contributed by atoms with van der Waals surface area (Å²) in [5.41, 5.74) is 0.257. The van der Waals surface area contributed by atoms with Crippen molar-refractivity contribution in [2.24, 2.45) is 0 Å². The lowest BCUT2D eigenvalue weighted by molar-refractivity contribution is 0.0922. The van der Waals surface area contributed by atoms with Crippen molar-refractivity contribution in [1.29, 1.82) is 0 Å². The third-order valence-electron chi connectivity index (χ3n) is 4.09. The van der Waals surface area contributed by atoms with Crippen LogP contribution in [0.2, 0.25) is 0 Å². The Kier molecular flexibility index (Phi) is 5.40. The highest BCUT2D eigenvalue weighted by Crippen LogP contribution is 2.27. The first-order valence-electron chi connectivity index (χ1n) is 8.24. The average Bonchev–Trinajstić information content (AvgIpc) is 2.67. The van der Waals surface area contributed by atoms with Gasteiger partial charge in [-0.3, -0.25) is 4.79 Å². The quantitative estimate of drug-likeness (QED) is 0.721. The van der Waals surface area contributed by atoms with Crippen LogP contribution in [0.4, 0.5) is 4.39 Å². The molecule has 0 aliphatic heterocycles. The van der Waals surface area contributed by atoms with Crippen molar-refractivity contribution < 1.29 is 23.1 Å². The topological polar surface area (TPSA) is 77.8 Å². The second-order valence-electron chi connectivity index (χ2n) is 5.82. The number of fused-ring (bicyclic) bond motifs is 1. The van der Waals surface area contributed by atoms with E-state index in [1.807, 2.05) is 12.1 Å². The van der Waals surface area contributed by atoms with Gasteiger partial charge in [-0.05, 0) is 53.8 Å². The molecule has 2 aromatic carbocycles. The zero-order valence-electron chi connectivity index (χ0n) is 14.9. The summed E-state index contributed by atoms with van der Waals surface area (Å²) in [4.78, 5) is 24.2. The molecule has 3 aromatic rings. The van der Waals surface area contributed by atoms with Crippen LogP contribution < -0.4 is 20.4 Å². The van der Waals surface area contributed by atoms with Crippen LogP contribution in [0.1, 0.15) is 16.1 Å². The Morgan fingerprint density at radius 1 is 1.07 bits per heavy atom. The number of rotatable bonds is 6. The molecule has 1 heterocycles. The van der Waals surface area contributed by atoms with Crippen molar-refractivity contribution in [3.8, 4) is 11.5 Å². The number of amides is 1. The molecular formula is C20H18FNO5. The number of ether oxygens (including phenoxy) is 2. The van der Waals surface area contributed by atoms with Crippen LogP contribution in [0.5, 0.6) is 11.5 Å². The molecule has 0 fully saturated rings. The third-order valence-corrected chi connectivity index (χ3v) is 4.09. The van der Waals surface area contributed by atoms with E-state index < -0.39 is 17.3 Å². The monoisotopic (exact) mass is 371 g/mol. The van der Waals surface area contributed by atoms with Gasteiger partial charge in [0, 0.05) is 6.54 Å². The number of hydrogen-bond donors (Lipinski definition) is 1. The normalized spacial score (nSPS) is 10.6. The summed E-state index contributed by atoms with van der Waals surface area (Å²) >= 11 is 0. The molecule has 0 bridgehead atoms. The molecule has 6 nitrogen and oxygen atoms in total. The van der Waals surface area contributed by atoms with E-state index in [1.165, 1.54) is 24.3 Å². The van der Waals surface area contributed by atoms with E-state index in [2.05, 4.69) is 5.32 Å². The molecule has 0 radical (unpaired) electrons. The molecule has 0 aliphatic rings. The highest BCUT2D eigenvalue weighted by atomic mass is 19.1. The van der Waals surface area contributed by atoms with Crippen molar-refractivity contribution in [2.45, 2.75) is 6.42 Å². The summed E-state index contributed by atoms with van der Waals surface area (Å²) in [5, 5.41) is 3.22.